The summed E-state index contributed by atoms with van der Waals surface area (Å²) >= 11 is 6.14. The molecule has 1 aromatic rings. The van der Waals surface area contributed by atoms with E-state index in [4.69, 9.17) is 25.8 Å². The Morgan fingerprint density at radius 1 is 1.35 bits per heavy atom. The molecule has 0 saturated carbocycles. The van der Waals surface area contributed by atoms with E-state index in [9.17, 15) is 0 Å². The molecule has 0 spiro atoms. The third-order valence-corrected chi connectivity index (χ3v) is 2.44. The van der Waals surface area contributed by atoms with Crippen molar-refractivity contribution in [1.29, 1.82) is 0 Å². The number of hydrogen-bond acceptors (Lipinski definition) is 4. The summed E-state index contributed by atoms with van der Waals surface area (Å²) in [5, 5.41) is 3.58. The monoisotopic (exact) mass is 259 g/mol. The first-order chi connectivity index (χ1) is 8.22. The van der Waals surface area contributed by atoms with E-state index in [0.717, 1.165) is 12.1 Å². The van der Waals surface area contributed by atoms with Gasteiger partial charge in [-0.15, -0.1) is 0 Å². The van der Waals surface area contributed by atoms with Crippen molar-refractivity contribution in [3.63, 3.8) is 0 Å². The van der Waals surface area contributed by atoms with Crippen LogP contribution in [-0.2, 0) is 11.3 Å². The summed E-state index contributed by atoms with van der Waals surface area (Å²) in [7, 11) is 3.46. The maximum Gasteiger partial charge on any atom is 0.189 e. The molecule has 1 rings (SSSR count). The summed E-state index contributed by atoms with van der Waals surface area (Å²) in [5.74, 6) is 1.13. The normalized spacial score (nSPS) is 10.4. The highest BCUT2D eigenvalue weighted by molar-refractivity contribution is 6.32. The first-order valence-corrected chi connectivity index (χ1v) is 5.82. The van der Waals surface area contributed by atoms with Gasteiger partial charge in [-0.2, -0.15) is 0 Å². The predicted molar refractivity (Wildman–Crippen MR) is 67.9 cm³/mol. The lowest BCUT2D eigenvalue weighted by Gasteiger charge is -2.13. The molecule has 0 unspecified atom stereocenters. The van der Waals surface area contributed by atoms with Gasteiger partial charge in [0.1, 0.15) is 0 Å². The maximum absolute atomic E-state index is 6.14. The van der Waals surface area contributed by atoms with Gasteiger partial charge >= 0.3 is 0 Å². The van der Waals surface area contributed by atoms with E-state index in [1.54, 1.807) is 7.11 Å². The Morgan fingerprint density at radius 3 is 2.71 bits per heavy atom. The highest BCUT2D eigenvalue weighted by atomic mass is 35.5. The van der Waals surface area contributed by atoms with Crippen LogP contribution in [0.5, 0.6) is 11.5 Å². The van der Waals surface area contributed by atoms with Crippen LogP contribution in [0.4, 0.5) is 0 Å². The minimum Gasteiger partial charge on any atom is -0.493 e. The molecule has 4 nitrogen and oxygen atoms in total. The quantitative estimate of drug-likeness (QED) is 0.603. The zero-order valence-electron chi connectivity index (χ0n) is 10.4. The Hall–Kier alpha value is -0.970. The standard InChI is InChI=1S/C12H18ClNO3/c1-4-16-8-17-12-10(13)5-9(7-14-2)6-11(12)15-3/h5-6,14H,4,7-8H2,1-3H3. The Labute approximate surface area is 107 Å². The third kappa shape index (κ3) is 4.07. The Morgan fingerprint density at radius 2 is 2.12 bits per heavy atom. The number of benzene rings is 1. The second-order valence-corrected chi connectivity index (χ2v) is 3.80. The molecule has 0 amide bonds. The van der Waals surface area contributed by atoms with Gasteiger partial charge in [0, 0.05) is 13.2 Å². The zero-order chi connectivity index (χ0) is 12.7. The van der Waals surface area contributed by atoms with Crippen molar-refractivity contribution in [1.82, 2.24) is 5.32 Å². The fourth-order valence-corrected chi connectivity index (χ4v) is 1.69. The topological polar surface area (TPSA) is 39.7 Å². The number of halogens is 1. The van der Waals surface area contributed by atoms with Gasteiger partial charge in [-0.3, -0.25) is 0 Å². The highest BCUT2D eigenvalue weighted by Crippen LogP contribution is 2.36. The number of ether oxygens (including phenoxy) is 3. The van der Waals surface area contributed by atoms with Crippen molar-refractivity contribution in [2.75, 3.05) is 27.6 Å². The van der Waals surface area contributed by atoms with Crippen LogP contribution < -0.4 is 14.8 Å². The van der Waals surface area contributed by atoms with E-state index in [2.05, 4.69) is 5.32 Å². The smallest absolute Gasteiger partial charge is 0.189 e. The molecule has 0 saturated heterocycles. The van der Waals surface area contributed by atoms with E-state index in [1.807, 2.05) is 26.1 Å². The van der Waals surface area contributed by atoms with E-state index in [1.165, 1.54) is 0 Å². The summed E-state index contributed by atoms with van der Waals surface area (Å²) in [5.41, 5.74) is 1.04. The molecule has 0 aliphatic rings. The molecule has 0 bridgehead atoms. The average molecular weight is 260 g/mol. The molecule has 96 valence electrons. The molecular weight excluding hydrogens is 242 g/mol. The molecule has 0 radical (unpaired) electrons. The summed E-state index contributed by atoms with van der Waals surface area (Å²) in [6.07, 6.45) is 0. The van der Waals surface area contributed by atoms with E-state index >= 15 is 0 Å². The number of nitrogens with one attached hydrogen (secondary N) is 1. The predicted octanol–water partition coefficient (Wildman–Crippen LogP) is 2.44. The molecule has 0 aliphatic heterocycles. The van der Waals surface area contributed by atoms with Crippen molar-refractivity contribution in [2.45, 2.75) is 13.5 Å². The van der Waals surface area contributed by atoms with Gasteiger partial charge in [-0.05, 0) is 31.7 Å². The van der Waals surface area contributed by atoms with Crippen LogP contribution >= 0.6 is 11.6 Å². The summed E-state index contributed by atoms with van der Waals surface area (Å²) < 4.78 is 15.8. The zero-order valence-corrected chi connectivity index (χ0v) is 11.1. The minimum absolute atomic E-state index is 0.165. The molecule has 0 heterocycles. The van der Waals surface area contributed by atoms with Crippen molar-refractivity contribution in [3.8, 4) is 11.5 Å². The van der Waals surface area contributed by atoms with Gasteiger partial charge in [0.2, 0.25) is 0 Å². The second-order valence-electron chi connectivity index (χ2n) is 3.39. The van der Waals surface area contributed by atoms with Crippen LogP contribution in [0, 0.1) is 0 Å². The van der Waals surface area contributed by atoms with Crippen LogP contribution in [0.15, 0.2) is 12.1 Å². The van der Waals surface area contributed by atoms with Gasteiger partial charge in [-0.1, -0.05) is 11.6 Å². The molecule has 0 atom stereocenters. The summed E-state index contributed by atoms with van der Waals surface area (Å²) in [6.45, 7) is 3.38. The molecule has 0 aliphatic carbocycles. The molecule has 1 N–H and O–H groups in total. The summed E-state index contributed by atoms with van der Waals surface area (Å²) in [6, 6.07) is 3.74. The fourth-order valence-electron chi connectivity index (χ4n) is 1.40. The van der Waals surface area contributed by atoms with Crippen LogP contribution in [0.2, 0.25) is 5.02 Å². The molecular formula is C12H18ClNO3. The largest absolute Gasteiger partial charge is 0.493 e. The highest BCUT2D eigenvalue weighted by Gasteiger charge is 2.11. The Bertz CT molecular complexity index is 358. The Balaban J connectivity index is 2.87. The lowest BCUT2D eigenvalue weighted by Crippen LogP contribution is -2.07. The van der Waals surface area contributed by atoms with Crippen LogP contribution in [0.1, 0.15) is 12.5 Å². The van der Waals surface area contributed by atoms with E-state index in [-0.39, 0.29) is 6.79 Å². The average Bonchev–Trinajstić information content (AvgIpc) is 2.32. The maximum atomic E-state index is 6.14. The lowest BCUT2D eigenvalue weighted by atomic mass is 10.2. The first kappa shape index (κ1) is 14.1. The molecule has 0 aromatic heterocycles. The molecule has 5 heteroatoms. The Kier molecular flexibility index (Phi) is 6.11. The van der Waals surface area contributed by atoms with Crippen molar-refractivity contribution < 1.29 is 14.2 Å². The molecule has 1 aromatic carbocycles. The van der Waals surface area contributed by atoms with Crippen LogP contribution in [-0.4, -0.2) is 27.6 Å². The van der Waals surface area contributed by atoms with E-state index in [0.29, 0.717) is 23.1 Å². The number of rotatable bonds is 7. The van der Waals surface area contributed by atoms with Crippen LogP contribution in [0.3, 0.4) is 0 Å². The number of hydrogen-bond donors (Lipinski definition) is 1. The summed E-state index contributed by atoms with van der Waals surface area (Å²) in [4.78, 5) is 0. The van der Waals surface area contributed by atoms with Gasteiger partial charge in [0.25, 0.3) is 0 Å². The first-order valence-electron chi connectivity index (χ1n) is 5.44. The second kappa shape index (κ2) is 7.37. The van der Waals surface area contributed by atoms with Crippen molar-refractivity contribution in [2.24, 2.45) is 0 Å². The SMILES string of the molecule is CCOCOc1c(Cl)cc(CNC)cc1OC. The number of methoxy groups -OCH3 is 1. The third-order valence-electron chi connectivity index (χ3n) is 2.16. The van der Waals surface area contributed by atoms with Crippen molar-refractivity contribution in [3.05, 3.63) is 22.7 Å². The van der Waals surface area contributed by atoms with E-state index < -0.39 is 0 Å². The molecule has 17 heavy (non-hydrogen) atoms. The minimum atomic E-state index is 0.165. The fraction of sp³-hybridized carbons (Fsp3) is 0.500. The van der Waals surface area contributed by atoms with Gasteiger partial charge in [-0.25, -0.2) is 0 Å². The molecule has 0 fully saturated rings. The van der Waals surface area contributed by atoms with Crippen molar-refractivity contribution >= 4 is 11.6 Å². The lowest BCUT2D eigenvalue weighted by molar-refractivity contribution is 0.0209. The van der Waals surface area contributed by atoms with Gasteiger partial charge < -0.3 is 19.5 Å². The van der Waals surface area contributed by atoms with Gasteiger partial charge in [0.05, 0.1) is 12.1 Å². The van der Waals surface area contributed by atoms with Gasteiger partial charge in [0.15, 0.2) is 18.3 Å². The van der Waals surface area contributed by atoms with Crippen LogP contribution in [0.25, 0.3) is 0 Å².